The topological polar surface area (TPSA) is 66.8 Å². The molecular formula is C20H19NO4. The average Bonchev–Trinajstić information content (AvgIpc) is 3.24. The molecule has 0 radical (unpaired) electrons. The van der Waals surface area contributed by atoms with Crippen molar-refractivity contribution in [1.82, 2.24) is 4.90 Å². The zero-order valence-electron chi connectivity index (χ0n) is 13.8. The Hall–Kier alpha value is -2.82. The molecule has 1 atom stereocenters. The van der Waals surface area contributed by atoms with Crippen LogP contribution in [0, 0.1) is 0 Å². The van der Waals surface area contributed by atoms with Gasteiger partial charge in [0.15, 0.2) is 0 Å². The van der Waals surface area contributed by atoms with Crippen LogP contribution in [-0.2, 0) is 22.6 Å². The number of carbonyl (C=O) groups is 2. The van der Waals surface area contributed by atoms with Crippen LogP contribution in [0.2, 0.25) is 0 Å². The third-order valence-corrected chi connectivity index (χ3v) is 5.07. The zero-order valence-corrected chi connectivity index (χ0v) is 13.8. The number of hydrogen-bond acceptors (Lipinski definition) is 3. The minimum absolute atomic E-state index is 0.166. The molecule has 1 aliphatic carbocycles. The second-order valence-corrected chi connectivity index (χ2v) is 6.52. The van der Waals surface area contributed by atoms with E-state index in [2.05, 4.69) is 18.2 Å². The number of nitrogens with zero attached hydrogens (tertiary/aromatic N) is 1. The molecule has 128 valence electrons. The van der Waals surface area contributed by atoms with Crippen molar-refractivity contribution in [3.05, 3.63) is 59.2 Å². The highest BCUT2D eigenvalue weighted by Crippen LogP contribution is 2.38. The molecule has 1 amide bonds. The Balaban J connectivity index is 1.50. The summed E-state index contributed by atoms with van der Waals surface area (Å²) in [7, 11) is 0. The number of fused-ring (bicyclic) bond motifs is 3. The number of carboxylic acids is 1. The molecular weight excluding hydrogens is 318 g/mol. The Morgan fingerprint density at radius 1 is 1.12 bits per heavy atom. The minimum Gasteiger partial charge on any atom is -0.480 e. The van der Waals surface area contributed by atoms with Gasteiger partial charge in [0.1, 0.15) is 12.6 Å². The molecule has 5 heteroatoms. The van der Waals surface area contributed by atoms with Gasteiger partial charge in [0.25, 0.3) is 0 Å². The fourth-order valence-electron chi connectivity index (χ4n) is 3.82. The number of carbonyl (C=O) groups excluding carboxylic acids is 1. The second-order valence-electron chi connectivity index (χ2n) is 6.52. The Kier molecular flexibility index (Phi) is 3.92. The van der Waals surface area contributed by atoms with Crippen molar-refractivity contribution >= 4 is 12.1 Å². The van der Waals surface area contributed by atoms with E-state index in [0.29, 0.717) is 19.4 Å². The highest BCUT2D eigenvalue weighted by atomic mass is 16.6. The number of benzene rings is 2. The summed E-state index contributed by atoms with van der Waals surface area (Å²) in [6.07, 6.45) is 1.47. The van der Waals surface area contributed by atoms with Crippen LogP contribution in [0.4, 0.5) is 4.79 Å². The predicted molar refractivity (Wildman–Crippen MR) is 92.2 cm³/mol. The summed E-state index contributed by atoms with van der Waals surface area (Å²) >= 11 is 0. The fraction of sp³-hybridized carbons (Fsp3) is 0.300. The highest BCUT2D eigenvalue weighted by Gasteiger charge is 2.35. The molecule has 1 aliphatic heterocycles. The number of ether oxygens (including phenoxy) is 1. The quantitative estimate of drug-likeness (QED) is 0.795. The van der Waals surface area contributed by atoms with Crippen LogP contribution in [-0.4, -0.2) is 34.7 Å². The van der Waals surface area contributed by atoms with Crippen LogP contribution in [0.25, 0.3) is 11.1 Å². The maximum absolute atomic E-state index is 12.3. The first-order valence-electron chi connectivity index (χ1n) is 8.50. The Morgan fingerprint density at radius 3 is 2.76 bits per heavy atom. The number of likely N-dealkylation sites (tertiary alicyclic amines) is 1. The van der Waals surface area contributed by atoms with Gasteiger partial charge >= 0.3 is 12.1 Å². The van der Waals surface area contributed by atoms with E-state index in [1.165, 1.54) is 27.2 Å². The van der Waals surface area contributed by atoms with Crippen molar-refractivity contribution in [2.75, 3.05) is 6.54 Å². The van der Waals surface area contributed by atoms with E-state index in [1.54, 1.807) is 0 Å². The molecule has 25 heavy (non-hydrogen) atoms. The number of hydrogen-bond donors (Lipinski definition) is 1. The van der Waals surface area contributed by atoms with Gasteiger partial charge in [-0.15, -0.1) is 0 Å². The number of amides is 1. The molecule has 2 aliphatic rings. The molecule has 0 spiro atoms. The first-order valence-corrected chi connectivity index (χ1v) is 8.50. The molecule has 0 saturated carbocycles. The van der Waals surface area contributed by atoms with Crippen LogP contribution >= 0.6 is 0 Å². The van der Waals surface area contributed by atoms with Crippen LogP contribution in [0.1, 0.15) is 29.5 Å². The lowest BCUT2D eigenvalue weighted by molar-refractivity contribution is -0.141. The SMILES string of the molecule is O=C(O)[C@H]1CCCN1C(=O)OCc1cccc2c1Cc1ccccc1-2. The Labute approximate surface area is 145 Å². The molecule has 1 heterocycles. The lowest BCUT2D eigenvalue weighted by Crippen LogP contribution is -2.40. The highest BCUT2D eigenvalue weighted by molar-refractivity contribution is 5.81. The van der Waals surface area contributed by atoms with Crippen molar-refractivity contribution < 1.29 is 19.4 Å². The smallest absolute Gasteiger partial charge is 0.410 e. The lowest BCUT2D eigenvalue weighted by Gasteiger charge is -2.21. The first kappa shape index (κ1) is 15.7. The number of aliphatic carboxylic acids is 1. The van der Waals surface area contributed by atoms with Gasteiger partial charge in [0.05, 0.1) is 0 Å². The van der Waals surface area contributed by atoms with Gasteiger partial charge in [-0.2, -0.15) is 0 Å². The molecule has 0 unspecified atom stereocenters. The summed E-state index contributed by atoms with van der Waals surface area (Å²) < 4.78 is 5.44. The zero-order chi connectivity index (χ0) is 17.4. The maximum Gasteiger partial charge on any atom is 0.410 e. The monoisotopic (exact) mass is 337 g/mol. The number of rotatable bonds is 3. The summed E-state index contributed by atoms with van der Waals surface area (Å²) in [5, 5.41) is 9.20. The van der Waals surface area contributed by atoms with E-state index in [1.807, 2.05) is 24.3 Å². The normalized spacial score (nSPS) is 17.9. The van der Waals surface area contributed by atoms with Crippen molar-refractivity contribution in [2.24, 2.45) is 0 Å². The van der Waals surface area contributed by atoms with Gasteiger partial charge in [-0.05, 0) is 47.1 Å². The largest absolute Gasteiger partial charge is 0.480 e. The fourth-order valence-corrected chi connectivity index (χ4v) is 3.82. The lowest BCUT2D eigenvalue weighted by atomic mass is 10.0. The van der Waals surface area contributed by atoms with Crippen molar-refractivity contribution in [3.8, 4) is 11.1 Å². The number of carboxylic acid groups (broad SMARTS) is 1. The third kappa shape index (κ3) is 2.76. The Bertz CT molecular complexity index is 845. The second kappa shape index (κ2) is 6.24. The van der Waals surface area contributed by atoms with Gasteiger partial charge in [-0.25, -0.2) is 9.59 Å². The van der Waals surface area contributed by atoms with Gasteiger partial charge in [-0.3, -0.25) is 4.90 Å². The standard InChI is InChI=1S/C20H19NO4/c22-19(23)18-9-4-10-21(18)20(24)25-12-14-6-3-8-16-15-7-2-1-5-13(15)11-17(14)16/h1-3,5-8,18H,4,9-12H2,(H,22,23)/t18-/m1/s1. The molecule has 1 saturated heterocycles. The van der Waals surface area contributed by atoms with Gasteiger partial charge in [0.2, 0.25) is 0 Å². The molecule has 1 N–H and O–H groups in total. The molecule has 0 aromatic heterocycles. The molecule has 4 rings (SSSR count). The minimum atomic E-state index is -0.967. The van der Waals surface area contributed by atoms with E-state index in [9.17, 15) is 14.7 Å². The van der Waals surface area contributed by atoms with Gasteiger partial charge < -0.3 is 9.84 Å². The predicted octanol–water partition coefficient (Wildman–Crippen LogP) is 3.44. The third-order valence-electron chi connectivity index (χ3n) is 5.07. The van der Waals surface area contributed by atoms with E-state index in [0.717, 1.165) is 12.0 Å². The van der Waals surface area contributed by atoms with Crippen molar-refractivity contribution in [1.29, 1.82) is 0 Å². The van der Waals surface area contributed by atoms with Crippen LogP contribution < -0.4 is 0 Å². The van der Waals surface area contributed by atoms with Crippen LogP contribution in [0.15, 0.2) is 42.5 Å². The van der Waals surface area contributed by atoms with E-state index in [4.69, 9.17) is 4.74 Å². The molecule has 5 nitrogen and oxygen atoms in total. The summed E-state index contributed by atoms with van der Waals surface area (Å²) in [4.78, 5) is 24.8. The maximum atomic E-state index is 12.3. The van der Waals surface area contributed by atoms with E-state index in [-0.39, 0.29) is 6.61 Å². The summed E-state index contributed by atoms with van der Waals surface area (Å²) in [5.74, 6) is -0.967. The molecule has 2 aromatic rings. The molecule has 2 aromatic carbocycles. The molecule has 1 fully saturated rings. The van der Waals surface area contributed by atoms with Crippen LogP contribution in [0.5, 0.6) is 0 Å². The Morgan fingerprint density at radius 2 is 1.92 bits per heavy atom. The van der Waals surface area contributed by atoms with E-state index < -0.39 is 18.1 Å². The average molecular weight is 337 g/mol. The molecule has 0 bridgehead atoms. The summed E-state index contributed by atoms with van der Waals surface area (Å²) in [6, 6.07) is 13.6. The van der Waals surface area contributed by atoms with Crippen molar-refractivity contribution in [3.63, 3.8) is 0 Å². The van der Waals surface area contributed by atoms with Gasteiger partial charge in [0, 0.05) is 6.54 Å². The summed E-state index contributed by atoms with van der Waals surface area (Å²) in [5.41, 5.74) is 5.87. The summed E-state index contributed by atoms with van der Waals surface area (Å²) in [6.45, 7) is 0.604. The first-order chi connectivity index (χ1) is 12.1. The van der Waals surface area contributed by atoms with Gasteiger partial charge in [-0.1, -0.05) is 42.5 Å². The van der Waals surface area contributed by atoms with Crippen molar-refractivity contribution in [2.45, 2.75) is 31.9 Å². The van der Waals surface area contributed by atoms with E-state index >= 15 is 0 Å². The van der Waals surface area contributed by atoms with Crippen LogP contribution in [0.3, 0.4) is 0 Å².